The van der Waals surface area contributed by atoms with Crippen LogP contribution in [0.2, 0.25) is 0 Å². The van der Waals surface area contributed by atoms with Crippen molar-refractivity contribution in [1.29, 1.82) is 0 Å². The molecular formula is C48H34N2. The average Bonchev–Trinajstić information content (AvgIpc) is 3.71. The highest BCUT2D eigenvalue weighted by atomic mass is 15.0. The molecule has 0 amide bonds. The molecule has 0 aliphatic rings. The van der Waals surface area contributed by atoms with E-state index in [1.165, 1.54) is 49.3 Å². The Hall–Kier alpha value is -6.64. The van der Waals surface area contributed by atoms with E-state index >= 15 is 0 Å². The first-order chi connectivity index (χ1) is 24.7. The van der Waals surface area contributed by atoms with E-state index in [9.17, 15) is 0 Å². The molecular weight excluding hydrogens is 605 g/mol. The number of hydrogen-bond acceptors (Lipinski definition) is 0. The van der Waals surface area contributed by atoms with Crippen molar-refractivity contribution in [3.8, 4) is 33.6 Å². The van der Waals surface area contributed by atoms with Crippen LogP contribution in [-0.4, -0.2) is 9.13 Å². The Kier molecular flexibility index (Phi) is 7.14. The van der Waals surface area contributed by atoms with Gasteiger partial charge in [-0.1, -0.05) is 141 Å². The van der Waals surface area contributed by atoms with Crippen LogP contribution in [-0.2, 0) is 0 Å². The van der Waals surface area contributed by atoms with Gasteiger partial charge in [-0.2, -0.15) is 0 Å². The molecule has 9 rings (SSSR count). The molecule has 0 aliphatic carbocycles. The lowest BCUT2D eigenvalue weighted by atomic mass is 9.95. The molecule has 2 nitrogen and oxygen atoms in total. The van der Waals surface area contributed by atoms with E-state index in [-0.39, 0.29) is 0 Å². The number of para-hydroxylation sites is 3. The second kappa shape index (κ2) is 12.1. The molecule has 2 heterocycles. The fourth-order valence-corrected chi connectivity index (χ4v) is 7.73. The third-order valence-corrected chi connectivity index (χ3v) is 9.83. The van der Waals surface area contributed by atoms with Crippen LogP contribution in [0.5, 0.6) is 0 Å². The van der Waals surface area contributed by atoms with E-state index in [0.29, 0.717) is 0 Å². The molecule has 7 aromatic carbocycles. The van der Waals surface area contributed by atoms with Crippen molar-refractivity contribution < 1.29 is 0 Å². The molecule has 50 heavy (non-hydrogen) atoms. The molecule has 0 saturated heterocycles. The third kappa shape index (κ3) is 4.65. The Bertz CT molecular complexity index is 2770. The van der Waals surface area contributed by atoms with Crippen molar-refractivity contribution in [1.82, 2.24) is 9.13 Å². The second-order valence-corrected chi connectivity index (χ2v) is 12.6. The van der Waals surface area contributed by atoms with Gasteiger partial charge in [0, 0.05) is 32.9 Å². The highest BCUT2D eigenvalue weighted by molar-refractivity contribution is 6.22. The largest absolute Gasteiger partial charge is 0.309 e. The first-order valence-corrected chi connectivity index (χ1v) is 17.0. The van der Waals surface area contributed by atoms with Gasteiger partial charge in [0.25, 0.3) is 0 Å². The van der Waals surface area contributed by atoms with E-state index in [2.05, 4.69) is 186 Å². The summed E-state index contributed by atoms with van der Waals surface area (Å²) in [6, 6.07) is 59.1. The van der Waals surface area contributed by atoms with E-state index in [4.69, 9.17) is 0 Å². The van der Waals surface area contributed by atoms with Crippen molar-refractivity contribution in [2.45, 2.75) is 0 Å². The van der Waals surface area contributed by atoms with E-state index in [1.807, 2.05) is 18.2 Å². The van der Waals surface area contributed by atoms with Crippen LogP contribution in [0.3, 0.4) is 0 Å². The van der Waals surface area contributed by atoms with Crippen molar-refractivity contribution in [3.05, 3.63) is 201 Å². The van der Waals surface area contributed by atoms with Crippen molar-refractivity contribution in [2.75, 3.05) is 0 Å². The lowest BCUT2D eigenvalue weighted by Gasteiger charge is -2.14. The van der Waals surface area contributed by atoms with Crippen LogP contribution in [0.1, 0.15) is 5.56 Å². The number of hydrogen-bond donors (Lipinski definition) is 0. The first kappa shape index (κ1) is 29.5. The maximum absolute atomic E-state index is 4.14. The summed E-state index contributed by atoms with van der Waals surface area (Å²) in [5.41, 5.74) is 13.9. The molecule has 0 fully saturated rings. The number of rotatable bonds is 7. The molecule has 0 aliphatic heterocycles. The van der Waals surface area contributed by atoms with Crippen LogP contribution in [0.15, 0.2) is 195 Å². The molecule has 0 spiro atoms. The predicted molar refractivity (Wildman–Crippen MR) is 214 cm³/mol. The summed E-state index contributed by atoms with van der Waals surface area (Å²) in [4.78, 5) is 0. The van der Waals surface area contributed by atoms with Crippen LogP contribution < -0.4 is 0 Å². The fraction of sp³-hybridized carbons (Fsp3) is 0. The number of nitrogens with zero attached hydrogens (tertiary/aromatic N) is 2. The van der Waals surface area contributed by atoms with Gasteiger partial charge in [0.05, 0.1) is 22.1 Å². The monoisotopic (exact) mass is 638 g/mol. The molecule has 236 valence electrons. The molecule has 0 bridgehead atoms. The van der Waals surface area contributed by atoms with Gasteiger partial charge >= 0.3 is 0 Å². The summed E-state index contributed by atoms with van der Waals surface area (Å²) < 4.78 is 4.81. The van der Waals surface area contributed by atoms with Crippen LogP contribution in [0, 0.1) is 0 Å². The smallest absolute Gasteiger partial charge is 0.0547 e. The molecule has 2 heteroatoms. The molecule has 0 unspecified atom stereocenters. The lowest BCUT2D eigenvalue weighted by molar-refractivity contribution is 1.18. The fourth-order valence-electron chi connectivity index (χ4n) is 7.73. The minimum absolute atomic E-state index is 1.03. The summed E-state index contributed by atoms with van der Waals surface area (Å²) >= 11 is 0. The minimum Gasteiger partial charge on any atom is -0.309 e. The molecule has 0 atom stereocenters. The van der Waals surface area contributed by atoms with E-state index in [1.54, 1.807) is 0 Å². The summed E-state index contributed by atoms with van der Waals surface area (Å²) in [6.45, 7) is 8.11. The highest BCUT2D eigenvalue weighted by Gasteiger charge is 2.21. The molecule has 0 saturated carbocycles. The number of allylic oxidation sites excluding steroid dienone is 4. The lowest BCUT2D eigenvalue weighted by Crippen LogP contribution is -1.97. The average molecular weight is 639 g/mol. The van der Waals surface area contributed by atoms with Gasteiger partial charge in [-0.15, -0.1) is 0 Å². The topological polar surface area (TPSA) is 9.86 Å². The normalized spacial score (nSPS) is 11.9. The van der Waals surface area contributed by atoms with Crippen LogP contribution in [0.25, 0.3) is 82.8 Å². The van der Waals surface area contributed by atoms with Gasteiger partial charge in [-0.25, -0.2) is 0 Å². The van der Waals surface area contributed by atoms with Crippen molar-refractivity contribution >= 4 is 49.2 Å². The zero-order valence-electron chi connectivity index (χ0n) is 27.6. The standard InChI is InChI=1S/C48H34N2/c1-3-17-33(4-2)35-30-36(34-18-7-5-8-19-34)32-38(31-35)50-44-27-14-12-23-42(44)48-40(25-16-29-46(48)50)39-24-15-28-45-47(39)41-22-11-13-26-43(41)49(45)37-20-9-6-10-21-37/h3-32H,1-2H2/b33-17+. The van der Waals surface area contributed by atoms with E-state index < -0.39 is 0 Å². The Morgan fingerprint density at radius 2 is 0.960 bits per heavy atom. The van der Waals surface area contributed by atoms with Gasteiger partial charge in [-0.3, -0.25) is 0 Å². The summed E-state index contributed by atoms with van der Waals surface area (Å²) in [5.74, 6) is 0. The second-order valence-electron chi connectivity index (χ2n) is 12.6. The predicted octanol–water partition coefficient (Wildman–Crippen LogP) is 13.0. The highest BCUT2D eigenvalue weighted by Crippen LogP contribution is 2.44. The maximum Gasteiger partial charge on any atom is 0.0547 e. The minimum atomic E-state index is 1.03. The number of fused-ring (bicyclic) bond motifs is 6. The van der Waals surface area contributed by atoms with Crippen molar-refractivity contribution in [3.63, 3.8) is 0 Å². The number of benzene rings is 7. The quantitative estimate of drug-likeness (QED) is 0.154. The van der Waals surface area contributed by atoms with Gasteiger partial charge < -0.3 is 9.13 Å². The van der Waals surface area contributed by atoms with Gasteiger partial charge in [-0.05, 0) is 88.0 Å². The Morgan fingerprint density at radius 1 is 0.440 bits per heavy atom. The first-order valence-electron chi connectivity index (χ1n) is 17.0. The Balaban J connectivity index is 1.37. The molecule has 2 aromatic heterocycles. The summed E-state index contributed by atoms with van der Waals surface area (Å²) in [6.07, 6.45) is 5.76. The SMILES string of the molecule is C=C/C=C(\C=C)c1cc(-c2ccccc2)cc(-n2c3ccccc3c3c(-c4cccc5c4c4ccccc4n5-c4ccccc4)cccc32)c1. The molecule has 0 N–H and O–H groups in total. The molecule has 9 aromatic rings. The van der Waals surface area contributed by atoms with Gasteiger partial charge in [0.2, 0.25) is 0 Å². The van der Waals surface area contributed by atoms with Crippen LogP contribution in [0.4, 0.5) is 0 Å². The maximum atomic E-state index is 4.14. The van der Waals surface area contributed by atoms with Gasteiger partial charge in [0.1, 0.15) is 0 Å². The Morgan fingerprint density at radius 3 is 1.54 bits per heavy atom. The Labute approximate surface area is 291 Å². The van der Waals surface area contributed by atoms with E-state index in [0.717, 1.165) is 39.1 Å². The number of aromatic nitrogens is 2. The zero-order chi connectivity index (χ0) is 33.6. The summed E-state index contributed by atoms with van der Waals surface area (Å²) in [5, 5.41) is 4.97. The van der Waals surface area contributed by atoms with Gasteiger partial charge in [0.15, 0.2) is 0 Å². The molecule has 0 radical (unpaired) electrons. The summed E-state index contributed by atoms with van der Waals surface area (Å²) in [7, 11) is 0. The third-order valence-electron chi connectivity index (χ3n) is 9.83. The van der Waals surface area contributed by atoms with Crippen LogP contribution >= 0.6 is 0 Å². The zero-order valence-corrected chi connectivity index (χ0v) is 27.6. The van der Waals surface area contributed by atoms with Crippen molar-refractivity contribution in [2.24, 2.45) is 0 Å².